The summed E-state index contributed by atoms with van der Waals surface area (Å²) in [5.41, 5.74) is 0. The quantitative estimate of drug-likeness (QED) is 0.624. The standard InChI is InChI=1S/C9H17NO5S/c1-2-15-9(12)3-4-16(13,14)10-5-8(6-10)7-11/h8,11H,2-7H2,1H3. The van der Waals surface area contributed by atoms with Crippen LogP contribution >= 0.6 is 0 Å². The Balaban J connectivity index is 2.33. The molecule has 1 rings (SSSR count). The van der Waals surface area contributed by atoms with Crippen LogP contribution in [0.15, 0.2) is 0 Å². The van der Waals surface area contributed by atoms with E-state index in [4.69, 9.17) is 5.11 Å². The number of hydrogen-bond acceptors (Lipinski definition) is 5. The monoisotopic (exact) mass is 251 g/mol. The van der Waals surface area contributed by atoms with E-state index < -0.39 is 16.0 Å². The molecular weight excluding hydrogens is 234 g/mol. The molecule has 0 aromatic heterocycles. The molecule has 0 unspecified atom stereocenters. The minimum atomic E-state index is -3.36. The van der Waals surface area contributed by atoms with E-state index in [-0.39, 0.29) is 31.3 Å². The summed E-state index contributed by atoms with van der Waals surface area (Å²) in [7, 11) is -3.36. The van der Waals surface area contributed by atoms with Crippen molar-refractivity contribution in [3.05, 3.63) is 0 Å². The van der Waals surface area contributed by atoms with Gasteiger partial charge in [-0.15, -0.1) is 0 Å². The Bertz CT molecular complexity index is 334. The van der Waals surface area contributed by atoms with Gasteiger partial charge >= 0.3 is 5.97 Å². The highest BCUT2D eigenvalue weighted by Gasteiger charge is 2.35. The van der Waals surface area contributed by atoms with E-state index >= 15 is 0 Å². The van der Waals surface area contributed by atoms with Gasteiger partial charge in [-0.2, -0.15) is 0 Å². The van der Waals surface area contributed by atoms with Crippen molar-refractivity contribution >= 4 is 16.0 Å². The average Bonchev–Trinajstić information content (AvgIpc) is 2.13. The molecule has 1 fully saturated rings. The minimum absolute atomic E-state index is 0.00387. The van der Waals surface area contributed by atoms with Crippen molar-refractivity contribution in [2.75, 3.05) is 32.1 Å². The van der Waals surface area contributed by atoms with Gasteiger partial charge in [0.15, 0.2) is 0 Å². The number of esters is 1. The van der Waals surface area contributed by atoms with Crippen LogP contribution in [0.5, 0.6) is 0 Å². The van der Waals surface area contributed by atoms with Crippen LogP contribution in [0.25, 0.3) is 0 Å². The van der Waals surface area contributed by atoms with Crippen LogP contribution in [0.1, 0.15) is 13.3 Å². The predicted octanol–water partition coefficient (Wildman–Crippen LogP) is -0.806. The SMILES string of the molecule is CCOC(=O)CCS(=O)(=O)N1CC(CO)C1. The second-order valence-corrected chi connectivity index (χ2v) is 5.83. The molecule has 1 aliphatic heterocycles. The molecule has 1 heterocycles. The molecule has 6 nitrogen and oxygen atoms in total. The van der Waals surface area contributed by atoms with E-state index in [1.807, 2.05) is 0 Å². The largest absolute Gasteiger partial charge is 0.466 e. The summed E-state index contributed by atoms with van der Waals surface area (Å²) < 4.78 is 29.2. The van der Waals surface area contributed by atoms with Gasteiger partial charge in [0.1, 0.15) is 0 Å². The van der Waals surface area contributed by atoms with Crippen molar-refractivity contribution < 1.29 is 23.1 Å². The summed E-state index contributed by atoms with van der Waals surface area (Å²) in [6.45, 7) is 2.63. The first kappa shape index (κ1) is 13.4. The summed E-state index contributed by atoms with van der Waals surface area (Å²) in [6, 6.07) is 0. The van der Waals surface area contributed by atoms with Crippen LogP contribution in [0.2, 0.25) is 0 Å². The molecule has 0 amide bonds. The Morgan fingerprint density at radius 2 is 2.12 bits per heavy atom. The molecule has 0 spiro atoms. The van der Waals surface area contributed by atoms with Crippen LogP contribution < -0.4 is 0 Å². The number of aliphatic hydroxyl groups is 1. The Morgan fingerprint density at radius 3 is 2.62 bits per heavy atom. The fourth-order valence-electron chi connectivity index (χ4n) is 1.44. The highest BCUT2D eigenvalue weighted by molar-refractivity contribution is 7.89. The summed E-state index contributed by atoms with van der Waals surface area (Å²) >= 11 is 0. The molecule has 1 aliphatic rings. The van der Waals surface area contributed by atoms with Gasteiger partial charge in [-0.25, -0.2) is 12.7 Å². The van der Waals surface area contributed by atoms with Gasteiger partial charge in [0.05, 0.1) is 18.8 Å². The van der Waals surface area contributed by atoms with Gasteiger partial charge in [0.2, 0.25) is 10.0 Å². The van der Waals surface area contributed by atoms with Crippen LogP contribution in [0.4, 0.5) is 0 Å². The minimum Gasteiger partial charge on any atom is -0.466 e. The summed E-state index contributed by atoms with van der Waals surface area (Å²) in [4.78, 5) is 11.0. The third-order valence-electron chi connectivity index (χ3n) is 2.44. The van der Waals surface area contributed by atoms with Crippen LogP contribution in [-0.4, -0.2) is 55.9 Å². The Kier molecular flexibility index (Phi) is 4.69. The third-order valence-corrected chi connectivity index (χ3v) is 4.25. The number of carbonyl (C=O) groups is 1. The van der Waals surface area contributed by atoms with Crippen LogP contribution in [-0.2, 0) is 19.6 Å². The molecule has 7 heteroatoms. The third kappa shape index (κ3) is 3.43. The van der Waals surface area contributed by atoms with Crippen LogP contribution in [0, 0.1) is 5.92 Å². The van der Waals surface area contributed by atoms with E-state index in [0.717, 1.165) is 0 Å². The first-order valence-corrected chi connectivity index (χ1v) is 6.84. The molecule has 0 aromatic rings. The number of sulfonamides is 1. The molecule has 0 radical (unpaired) electrons. The van der Waals surface area contributed by atoms with E-state index in [2.05, 4.69) is 4.74 Å². The zero-order chi connectivity index (χ0) is 12.2. The lowest BCUT2D eigenvalue weighted by atomic mass is 10.1. The maximum absolute atomic E-state index is 11.6. The topological polar surface area (TPSA) is 83.9 Å². The zero-order valence-corrected chi connectivity index (χ0v) is 10.1. The van der Waals surface area contributed by atoms with E-state index in [9.17, 15) is 13.2 Å². The fraction of sp³-hybridized carbons (Fsp3) is 0.889. The fourth-order valence-corrected chi connectivity index (χ4v) is 3.00. The lowest BCUT2D eigenvalue weighted by Crippen LogP contribution is -2.52. The summed E-state index contributed by atoms with van der Waals surface area (Å²) in [5.74, 6) is -0.674. The van der Waals surface area contributed by atoms with Gasteiger partial charge in [0.25, 0.3) is 0 Å². The highest BCUT2D eigenvalue weighted by atomic mass is 32.2. The molecule has 1 saturated heterocycles. The van der Waals surface area contributed by atoms with Gasteiger partial charge in [-0.1, -0.05) is 0 Å². The highest BCUT2D eigenvalue weighted by Crippen LogP contribution is 2.19. The van der Waals surface area contributed by atoms with Crippen molar-refractivity contribution in [3.8, 4) is 0 Å². The number of hydrogen-bond donors (Lipinski definition) is 1. The van der Waals surface area contributed by atoms with Crippen molar-refractivity contribution in [2.45, 2.75) is 13.3 Å². The smallest absolute Gasteiger partial charge is 0.306 e. The summed E-state index contributed by atoms with van der Waals surface area (Å²) in [6.07, 6.45) is -0.115. The number of rotatable bonds is 6. The molecule has 94 valence electrons. The van der Waals surface area contributed by atoms with Gasteiger partial charge in [-0.3, -0.25) is 4.79 Å². The van der Waals surface area contributed by atoms with E-state index in [1.165, 1.54) is 4.31 Å². The maximum atomic E-state index is 11.6. The van der Waals surface area contributed by atoms with E-state index in [0.29, 0.717) is 13.1 Å². The van der Waals surface area contributed by atoms with E-state index in [1.54, 1.807) is 6.92 Å². The van der Waals surface area contributed by atoms with Gasteiger partial charge in [0, 0.05) is 25.6 Å². The molecule has 0 saturated carbocycles. The van der Waals surface area contributed by atoms with Crippen molar-refractivity contribution in [1.29, 1.82) is 0 Å². The molecule has 0 aromatic carbocycles. The second-order valence-electron chi connectivity index (χ2n) is 3.74. The average molecular weight is 251 g/mol. The normalized spacial score (nSPS) is 18.1. The lowest BCUT2D eigenvalue weighted by molar-refractivity contribution is -0.142. The number of nitrogens with zero attached hydrogens (tertiary/aromatic N) is 1. The molecule has 0 aliphatic carbocycles. The second kappa shape index (κ2) is 5.60. The van der Waals surface area contributed by atoms with Crippen molar-refractivity contribution in [3.63, 3.8) is 0 Å². The molecular formula is C9H17NO5S. The first-order valence-electron chi connectivity index (χ1n) is 5.24. The maximum Gasteiger partial charge on any atom is 0.306 e. The lowest BCUT2D eigenvalue weighted by Gasteiger charge is -2.36. The van der Waals surface area contributed by atoms with Crippen molar-refractivity contribution in [1.82, 2.24) is 4.31 Å². The molecule has 0 bridgehead atoms. The predicted molar refractivity (Wildman–Crippen MR) is 57.2 cm³/mol. The van der Waals surface area contributed by atoms with Gasteiger partial charge in [-0.05, 0) is 6.92 Å². The summed E-state index contributed by atoms with van der Waals surface area (Å²) in [5, 5.41) is 8.76. The Labute approximate surface area is 95.2 Å². The Morgan fingerprint density at radius 1 is 1.50 bits per heavy atom. The number of carbonyl (C=O) groups excluding carboxylic acids is 1. The molecule has 1 N–H and O–H groups in total. The number of ether oxygens (including phenoxy) is 1. The molecule has 0 atom stereocenters. The number of aliphatic hydroxyl groups excluding tert-OH is 1. The first-order chi connectivity index (χ1) is 7.49. The van der Waals surface area contributed by atoms with Crippen molar-refractivity contribution in [2.24, 2.45) is 5.92 Å². The Hall–Kier alpha value is -0.660. The van der Waals surface area contributed by atoms with Crippen LogP contribution in [0.3, 0.4) is 0 Å². The zero-order valence-electron chi connectivity index (χ0n) is 9.26. The van der Waals surface area contributed by atoms with Gasteiger partial charge < -0.3 is 9.84 Å². The molecule has 16 heavy (non-hydrogen) atoms.